The molecular formula is C18H18N2OS2. The Morgan fingerprint density at radius 1 is 1.22 bits per heavy atom. The number of benzene rings is 1. The summed E-state index contributed by atoms with van der Waals surface area (Å²) in [6.07, 6.45) is 0.943. The van der Waals surface area contributed by atoms with E-state index in [9.17, 15) is 4.79 Å². The van der Waals surface area contributed by atoms with Gasteiger partial charge in [0, 0.05) is 18.0 Å². The van der Waals surface area contributed by atoms with Gasteiger partial charge in [-0.25, -0.2) is 0 Å². The van der Waals surface area contributed by atoms with Crippen LogP contribution in [0.2, 0.25) is 0 Å². The van der Waals surface area contributed by atoms with Crippen molar-refractivity contribution in [3.8, 4) is 0 Å². The molecule has 23 heavy (non-hydrogen) atoms. The maximum Gasteiger partial charge on any atom is 0.194 e. The summed E-state index contributed by atoms with van der Waals surface area (Å²) in [5, 5.41) is 2.83. The van der Waals surface area contributed by atoms with Gasteiger partial charge in [-0.15, -0.1) is 11.3 Å². The van der Waals surface area contributed by atoms with E-state index in [1.165, 1.54) is 16.9 Å². The van der Waals surface area contributed by atoms with Gasteiger partial charge in [0.25, 0.3) is 0 Å². The summed E-state index contributed by atoms with van der Waals surface area (Å²) in [6, 6.07) is 14.1. The summed E-state index contributed by atoms with van der Waals surface area (Å²) in [5.41, 5.74) is 2.36. The number of hydrogen-bond donors (Lipinski definition) is 0. The van der Waals surface area contributed by atoms with Crippen molar-refractivity contribution in [2.45, 2.75) is 6.42 Å². The molecule has 0 bridgehead atoms. The van der Waals surface area contributed by atoms with Crippen LogP contribution in [0.5, 0.6) is 0 Å². The van der Waals surface area contributed by atoms with Crippen molar-refractivity contribution in [3.63, 3.8) is 0 Å². The number of aliphatic imine (C=N–C) groups is 1. The van der Waals surface area contributed by atoms with Crippen LogP contribution in [0.25, 0.3) is 0 Å². The molecule has 0 amide bonds. The van der Waals surface area contributed by atoms with E-state index in [1.54, 1.807) is 11.8 Å². The molecule has 1 aromatic carbocycles. The largest absolute Gasteiger partial charge is 0.324 e. The fourth-order valence-electron chi connectivity index (χ4n) is 2.36. The number of thiophene rings is 1. The quantitative estimate of drug-likeness (QED) is 0.741. The van der Waals surface area contributed by atoms with Crippen molar-refractivity contribution in [2.75, 3.05) is 18.8 Å². The zero-order chi connectivity index (χ0) is 16.1. The highest BCUT2D eigenvalue weighted by atomic mass is 32.2. The molecule has 0 atom stereocenters. The molecule has 3 nitrogen and oxygen atoms in total. The van der Waals surface area contributed by atoms with E-state index < -0.39 is 0 Å². The molecule has 0 radical (unpaired) electrons. The second-order valence-electron chi connectivity index (χ2n) is 5.24. The fourth-order valence-corrected chi connectivity index (χ4v) is 4.00. The van der Waals surface area contributed by atoms with Gasteiger partial charge in [0.15, 0.2) is 11.0 Å². The normalized spacial score (nSPS) is 16.3. The minimum Gasteiger partial charge on any atom is -0.324 e. The van der Waals surface area contributed by atoms with Crippen molar-refractivity contribution in [2.24, 2.45) is 4.99 Å². The fraction of sp³-hybridized carbons (Fsp3) is 0.222. The summed E-state index contributed by atoms with van der Waals surface area (Å²) in [7, 11) is 0. The molecular weight excluding hydrogens is 324 g/mol. The summed E-state index contributed by atoms with van der Waals surface area (Å²) in [6.45, 7) is 5.17. The van der Waals surface area contributed by atoms with Crippen LogP contribution >= 0.6 is 23.1 Å². The van der Waals surface area contributed by atoms with Gasteiger partial charge in [0.2, 0.25) is 0 Å². The first-order valence-electron chi connectivity index (χ1n) is 7.47. The maximum atomic E-state index is 12.1. The zero-order valence-electron chi connectivity index (χ0n) is 12.8. The summed E-state index contributed by atoms with van der Waals surface area (Å²) >= 11 is 3.13. The van der Waals surface area contributed by atoms with Gasteiger partial charge in [0.05, 0.1) is 4.88 Å². The van der Waals surface area contributed by atoms with E-state index in [1.807, 2.05) is 23.6 Å². The molecule has 0 saturated carbocycles. The lowest BCUT2D eigenvalue weighted by atomic mass is 10.1. The molecule has 2 heterocycles. The van der Waals surface area contributed by atoms with Crippen molar-refractivity contribution < 1.29 is 4.79 Å². The molecule has 0 spiro atoms. The van der Waals surface area contributed by atoms with Crippen LogP contribution in [0.15, 0.2) is 65.1 Å². The number of ketones is 1. The highest BCUT2D eigenvalue weighted by molar-refractivity contribution is 8.14. The summed E-state index contributed by atoms with van der Waals surface area (Å²) in [4.78, 5) is 19.5. The Hall–Kier alpha value is -1.85. The monoisotopic (exact) mass is 342 g/mol. The van der Waals surface area contributed by atoms with Gasteiger partial charge in [-0.1, -0.05) is 54.7 Å². The lowest BCUT2D eigenvalue weighted by molar-refractivity contribution is 0.101. The molecule has 1 aromatic heterocycles. The molecule has 0 aliphatic carbocycles. The third-order valence-electron chi connectivity index (χ3n) is 3.60. The standard InChI is InChI=1S/C18H18N2OS2/c1-14-13-23-18(19-12-16(21)17-8-5-11-22-17)20(14)10-9-15-6-3-2-4-7-15/h2-8,11H,1,9-10,12-13H2. The van der Waals surface area contributed by atoms with Crippen LogP contribution in [0.4, 0.5) is 0 Å². The first kappa shape index (κ1) is 16.0. The number of hydrogen-bond acceptors (Lipinski definition) is 4. The number of rotatable bonds is 6. The van der Waals surface area contributed by atoms with E-state index in [0.717, 1.165) is 34.5 Å². The highest BCUT2D eigenvalue weighted by Crippen LogP contribution is 2.26. The van der Waals surface area contributed by atoms with E-state index in [-0.39, 0.29) is 12.3 Å². The molecule has 1 aliphatic heterocycles. The highest BCUT2D eigenvalue weighted by Gasteiger charge is 2.23. The summed E-state index contributed by atoms with van der Waals surface area (Å²) in [5.74, 6) is 0.925. The molecule has 5 heteroatoms. The van der Waals surface area contributed by atoms with Crippen LogP contribution < -0.4 is 0 Å². The number of amidine groups is 1. The topological polar surface area (TPSA) is 32.7 Å². The third kappa shape index (κ3) is 4.12. The second kappa shape index (κ2) is 7.62. The Bertz CT molecular complexity index is 708. The van der Waals surface area contributed by atoms with Crippen molar-refractivity contribution in [1.29, 1.82) is 0 Å². The molecule has 1 fully saturated rings. The first-order chi connectivity index (χ1) is 11.2. The van der Waals surface area contributed by atoms with Crippen LogP contribution in [-0.4, -0.2) is 34.7 Å². The first-order valence-corrected chi connectivity index (χ1v) is 9.34. The molecule has 1 saturated heterocycles. The Labute approximate surface area is 144 Å². The number of nitrogens with zero attached hydrogens (tertiary/aromatic N) is 2. The number of carbonyl (C=O) groups excluding carboxylic acids is 1. The Kier molecular flexibility index (Phi) is 5.31. The van der Waals surface area contributed by atoms with Gasteiger partial charge < -0.3 is 4.90 Å². The van der Waals surface area contributed by atoms with Gasteiger partial charge in [-0.05, 0) is 23.4 Å². The van der Waals surface area contributed by atoms with Gasteiger partial charge >= 0.3 is 0 Å². The number of Topliss-reactive ketones (excluding diaryl/α,β-unsaturated/α-hetero) is 1. The predicted molar refractivity (Wildman–Crippen MR) is 99.4 cm³/mol. The number of carbonyl (C=O) groups is 1. The van der Waals surface area contributed by atoms with Crippen LogP contribution in [-0.2, 0) is 6.42 Å². The van der Waals surface area contributed by atoms with Crippen molar-refractivity contribution >= 4 is 34.0 Å². The minimum absolute atomic E-state index is 0.0774. The predicted octanol–water partition coefficient (Wildman–Crippen LogP) is 4.09. The summed E-state index contributed by atoms with van der Waals surface area (Å²) < 4.78 is 0. The lowest BCUT2D eigenvalue weighted by Gasteiger charge is -2.19. The Balaban J connectivity index is 1.62. The smallest absolute Gasteiger partial charge is 0.194 e. The van der Waals surface area contributed by atoms with Crippen LogP contribution in [0, 0.1) is 0 Å². The maximum absolute atomic E-state index is 12.1. The van der Waals surface area contributed by atoms with Crippen LogP contribution in [0.3, 0.4) is 0 Å². The second-order valence-corrected chi connectivity index (χ2v) is 7.13. The zero-order valence-corrected chi connectivity index (χ0v) is 14.4. The van der Waals surface area contributed by atoms with Gasteiger partial charge in [-0.2, -0.15) is 0 Å². The van der Waals surface area contributed by atoms with Gasteiger partial charge in [-0.3, -0.25) is 9.79 Å². The number of thioether (sulfide) groups is 1. The Morgan fingerprint density at radius 2 is 2.04 bits per heavy atom. The van der Waals surface area contributed by atoms with Crippen molar-refractivity contribution in [3.05, 3.63) is 70.6 Å². The molecule has 1 aliphatic rings. The van der Waals surface area contributed by atoms with Gasteiger partial charge in [0.1, 0.15) is 6.54 Å². The molecule has 118 valence electrons. The average Bonchev–Trinajstić information content (AvgIpc) is 3.22. The molecule has 2 aromatic rings. The van der Waals surface area contributed by atoms with E-state index in [0.29, 0.717) is 0 Å². The lowest BCUT2D eigenvalue weighted by Crippen LogP contribution is -2.25. The van der Waals surface area contributed by atoms with E-state index in [2.05, 4.69) is 40.7 Å². The average molecular weight is 342 g/mol. The minimum atomic E-state index is 0.0774. The van der Waals surface area contributed by atoms with E-state index >= 15 is 0 Å². The molecule has 3 rings (SSSR count). The SMILES string of the molecule is C=C1CSC(=NCC(=O)c2cccs2)N1CCc1ccccc1. The third-order valence-corrected chi connectivity index (χ3v) is 5.60. The van der Waals surface area contributed by atoms with E-state index in [4.69, 9.17) is 0 Å². The Morgan fingerprint density at radius 3 is 2.78 bits per heavy atom. The molecule has 0 N–H and O–H groups in total. The van der Waals surface area contributed by atoms with Crippen molar-refractivity contribution in [1.82, 2.24) is 4.90 Å². The molecule has 0 unspecified atom stereocenters. The van der Waals surface area contributed by atoms with Crippen LogP contribution in [0.1, 0.15) is 15.2 Å².